The molecule has 2 aromatic carbocycles. The Morgan fingerprint density at radius 2 is 1.83 bits per heavy atom. The summed E-state index contributed by atoms with van der Waals surface area (Å²) in [5, 5.41) is 9.75. The smallest absolute Gasteiger partial charge is 0.335 e. The predicted molar refractivity (Wildman–Crippen MR) is 150 cm³/mol. The Hall–Kier alpha value is -3.80. The molecule has 1 N–H and O–H groups in total. The van der Waals surface area contributed by atoms with Crippen LogP contribution in [0.3, 0.4) is 0 Å². The SMILES string of the molecule is O=C(O)c1cc(F)c2nc(CN3CCC(Oc4cccc(OCc5ccc(Cl)cc5F)n4)CC3)n(C[C@@H]3CCO3)c2c1. The summed E-state index contributed by atoms with van der Waals surface area (Å²) in [4.78, 5) is 22.8. The number of hydrogen-bond acceptors (Lipinski definition) is 7. The van der Waals surface area contributed by atoms with Crippen molar-refractivity contribution in [3.05, 3.63) is 82.1 Å². The van der Waals surface area contributed by atoms with Gasteiger partial charge in [0.1, 0.15) is 29.9 Å². The van der Waals surface area contributed by atoms with Gasteiger partial charge in [0.05, 0.1) is 30.3 Å². The second kappa shape index (κ2) is 12.2. The van der Waals surface area contributed by atoms with Gasteiger partial charge in [-0.3, -0.25) is 4.90 Å². The summed E-state index contributed by atoms with van der Waals surface area (Å²) >= 11 is 5.81. The lowest BCUT2D eigenvalue weighted by Crippen LogP contribution is -2.39. The molecule has 0 spiro atoms. The van der Waals surface area contributed by atoms with Crippen LogP contribution in [0.25, 0.3) is 11.0 Å². The van der Waals surface area contributed by atoms with Crippen LogP contribution in [-0.2, 0) is 24.4 Å². The molecule has 12 heteroatoms. The molecule has 2 fully saturated rings. The van der Waals surface area contributed by atoms with Gasteiger partial charge in [0.2, 0.25) is 11.8 Å². The minimum absolute atomic E-state index is 0.00529. The molecule has 42 heavy (non-hydrogen) atoms. The fourth-order valence-corrected chi connectivity index (χ4v) is 5.36. The lowest BCUT2D eigenvalue weighted by molar-refractivity contribution is -0.0592. The van der Waals surface area contributed by atoms with Crippen molar-refractivity contribution in [3.63, 3.8) is 0 Å². The summed E-state index contributed by atoms with van der Waals surface area (Å²) in [6, 6.07) is 12.1. The van der Waals surface area contributed by atoms with Crippen LogP contribution in [0.1, 0.15) is 41.0 Å². The maximum atomic E-state index is 14.8. The van der Waals surface area contributed by atoms with Gasteiger partial charge in [0, 0.05) is 42.4 Å². The quantitative estimate of drug-likeness (QED) is 0.257. The van der Waals surface area contributed by atoms with Gasteiger partial charge < -0.3 is 23.9 Å². The van der Waals surface area contributed by atoms with Crippen LogP contribution in [0.15, 0.2) is 48.5 Å². The molecule has 0 amide bonds. The maximum absolute atomic E-state index is 14.8. The third kappa shape index (κ3) is 6.33. The molecule has 6 rings (SSSR count). The first-order valence-electron chi connectivity index (χ1n) is 13.8. The lowest BCUT2D eigenvalue weighted by Gasteiger charge is -2.32. The fourth-order valence-electron chi connectivity index (χ4n) is 5.20. The highest BCUT2D eigenvalue weighted by molar-refractivity contribution is 6.30. The molecule has 2 aliphatic rings. The lowest BCUT2D eigenvalue weighted by atomic mass is 10.1. The fraction of sp³-hybridized carbons (Fsp3) is 0.367. The summed E-state index contributed by atoms with van der Waals surface area (Å²) in [6.45, 7) is 3.11. The summed E-state index contributed by atoms with van der Waals surface area (Å²) in [5.41, 5.74) is 0.890. The van der Waals surface area contributed by atoms with E-state index >= 15 is 0 Å². The predicted octanol–water partition coefficient (Wildman–Crippen LogP) is 5.47. The van der Waals surface area contributed by atoms with Crippen molar-refractivity contribution in [3.8, 4) is 11.8 Å². The Bertz CT molecular complexity index is 1600. The van der Waals surface area contributed by atoms with Crippen LogP contribution in [0.4, 0.5) is 8.78 Å². The Labute approximate surface area is 245 Å². The summed E-state index contributed by atoms with van der Waals surface area (Å²) in [6.07, 6.45) is 2.31. The van der Waals surface area contributed by atoms with E-state index in [4.69, 9.17) is 25.8 Å². The van der Waals surface area contributed by atoms with E-state index in [0.717, 1.165) is 38.4 Å². The largest absolute Gasteiger partial charge is 0.478 e. The first-order chi connectivity index (χ1) is 20.3. The van der Waals surface area contributed by atoms with Crippen molar-refractivity contribution in [1.29, 1.82) is 0 Å². The normalized spacial score (nSPS) is 17.7. The second-order valence-electron chi connectivity index (χ2n) is 10.5. The molecule has 9 nitrogen and oxygen atoms in total. The number of hydrogen-bond donors (Lipinski definition) is 1. The number of carboxylic acid groups (broad SMARTS) is 1. The summed E-state index contributed by atoms with van der Waals surface area (Å²) in [7, 11) is 0. The van der Waals surface area contributed by atoms with Gasteiger partial charge in [-0.2, -0.15) is 4.98 Å². The van der Waals surface area contributed by atoms with Crippen LogP contribution in [0.5, 0.6) is 11.8 Å². The van der Waals surface area contributed by atoms with Gasteiger partial charge in [0.15, 0.2) is 5.82 Å². The van der Waals surface area contributed by atoms with E-state index < -0.39 is 17.6 Å². The molecule has 0 radical (unpaired) electrons. The molecular weight excluding hydrogens is 570 g/mol. The van der Waals surface area contributed by atoms with Crippen LogP contribution in [-0.4, -0.2) is 62.4 Å². The van der Waals surface area contributed by atoms with Crippen molar-refractivity contribution in [2.75, 3.05) is 19.7 Å². The van der Waals surface area contributed by atoms with Crippen molar-refractivity contribution in [1.82, 2.24) is 19.4 Å². The number of halogens is 3. The van der Waals surface area contributed by atoms with Crippen LogP contribution in [0.2, 0.25) is 5.02 Å². The number of aromatic carboxylic acids is 1. The standard InChI is InChI=1S/C30H29ClF2N4O5/c31-20-5-4-18(23(32)14-20)17-41-27-2-1-3-28(35-27)42-21-6-9-36(10-7-21)16-26-34-29-24(33)12-19(30(38)39)13-25(29)37(26)15-22-8-11-40-22/h1-5,12-14,21-22H,6-11,15-17H2,(H,38,39)/t22-/m0/s1. The van der Waals surface area contributed by atoms with E-state index in [1.807, 2.05) is 4.57 Å². The number of benzene rings is 2. The van der Waals surface area contributed by atoms with Gasteiger partial charge in [-0.15, -0.1) is 0 Å². The molecule has 220 valence electrons. The molecule has 2 aliphatic heterocycles. The summed E-state index contributed by atoms with van der Waals surface area (Å²) < 4.78 is 48.2. The number of pyridine rings is 1. The van der Waals surface area contributed by atoms with E-state index in [9.17, 15) is 18.7 Å². The minimum atomic E-state index is -1.19. The van der Waals surface area contributed by atoms with Gasteiger partial charge >= 0.3 is 5.97 Å². The zero-order valence-corrected chi connectivity index (χ0v) is 23.4. The number of likely N-dealkylation sites (tertiary alicyclic amines) is 1. The van der Waals surface area contributed by atoms with E-state index in [2.05, 4.69) is 14.9 Å². The maximum Gasteiger partial charge on any atom is 0.335 e. The van der Waals surface area contributed by atoms with Crippen molar-refractivity contribution < 1.29 is 32.9 Å². The first kappa shape index (κ1) is 28.3. The third-order valence-corrected chi connectivity index (χ3v) is 7.82. The monoisotopic (exact) mass is 598 g/mol. The molecule has 4 heterocycles. The number of ether oxygens (including phenoxy) is 3. The summed E-state index contributed by atoms with van der Waals surface area (Å²) in [5.74, 6) is -0.854. The molecule has 1 atom stereocenters. The molecule has 0 unspecified atom stereocenters. The average molecular weight is 599 g/mol. The zero-order chi connectivity index (χ0) is 29.2. The highest BCUT2D eigenvalue weighted by Crippen LogP contribution is 2.27. The highest BCUT2D eigenvalue weighted by Gasteiger charge is 2.27. The van der Waals surface area contributed by atoms with Crippen molar-refractivity contribution >= 4 is 28.6 Å². The van der Waals surface area contributed by atoms with Gasteiger partial charge in [0.25, 0.3) is 0 Å². The molecular formula is C30H29ClF2N4O5. The molecule has 4 aromatic rings. The molecule has 0 aliphatic carbocycles. The molecule has 2 saturated heterocycles. The van der Waals surface area contributed by atoms with Crippen molar-refractivity contribution in [2.24, 2.45) is 0 Å². The Kier molecular flexibility index (Phi) is 8.23. The van der Waals surface area contributed by atoms with E-state index in [-0.39, 0.29) is 29.9 Å². The van der Waals surface area contributed by atoms with Gasteiger partial charge in [-0.25, -0.2) is 18.6 Å². The molecule has 0 bridgehead atoms. The second-order valence-corrected chi connectivity index (χ2v) is 10.9. The van der Waals surface area contributed by atoms with Crippen molar-refractivity contribution in [2.45, 2.75) is 51.2 Å². The van der Waals surface area contributed by atoms with Gasteiger partial charge in [-0.1, -0.05) is 23.7 Å². The van der Waals surface area contributed by atoms with E-state index in [1.165, 1.54) is 12.1 Å². The molecule has 0 saturated carbocycles. The zero-order valence-electron chi connectivity index (χ0n) is 22.6. The van der Waals surface area contributed by atoms with Gasteiger partial charge in [-0.05, 0) is 43.5 Å². The van der Waals surface area contributed by atoms with Crippen LogP contribution in [0, 0.1) is 11.6 Å². The number of carboxylic acids is 1. The highest BCUT2D eigenvalue weighted by atomic mass is 35.5. The Balaban J connectivity index is 1.08. The first-order valence-corrected chi connectivity index (χ1v) is 14.2. The van der Waals surface area contributed by atoms with Crippen LogP contribution < -0.4 is 9.47 Å². The van der Waals surface area contributed by atoms with E-state index in [1.54, 1.807) is 30.3 Å². The number of imidazole rings is 1. The number of nitrogens with zero attached hydrogens (tertiary/aromatic N) is 4. The van der Waals surface area contributed by atoms with Crippen LogP contribution >= 0.6 is 11.6 Å². The topological polar surface area (TPSA) is 98.9 Å². The third-order valence-electron chi connectivity index (χ3n) is 7.59. The number of carbonyl (C=O) groups is 1. The number of rotatable bonds is 10. The Morgan fingerprint density at radius 1 is 1.05 bits per heavy atom. The van der Waals surface area contributed by atoms with E-state index in [0.29, 0.717) is 53.4 Å². The number of piperidine rings is 1. The number of aromatic nitrogens is 3. The minimum Gasteiger partial charge on any atom is -0.478 e. The average Bonchev–Trinajstić information content (AvgIpc) is 3.28. The Morgan fingerprint density at radius 3 is 2.55 bits per heavy atom. The number of fused-ring (bicyclic) bond motifs is 1. The molecule has 2 aromatic heterocycles.